The van der Waals surface area contributed by atoms with Gasteiger partial charge in [-0.3, -0.25) is 0 Å². The molecule has 4 nitrogen and oxygen atoms in total. The first-order valence-corrected chi connectivity index (χ1v) is 8.92. The molecule has 0 aliphatic rings. The number of aliphatic hydroxyl groups excluding tert-OH is 1. The predicted octanol–water partition coefficient (Wildman–Crippen LogP) is 5.55. The van der Waals surface area contributed by atoms with Crippen LogP contribution in [-0.2, 0) is 0 Å². The molecular weight excluding hydrogens is 350 g/mol. The molecule has 0 unspecified atom stereocenters. The number of fused-ring (bicyclic) bond motifs is 3. The van der Waals surface area contributed by atoms with Gasteiger partial charge in [-0.2, -0.15) is 0 Å². The van der Waals surface area contributed by atoms with Gasteiger partial charge in [-0.15, -0.1) is 0 Å². The van der Waals surface area contributed by atoms with Crippen LogP contribution in [0.3, 0.4) is 0 Å². The maximum absolute atomic E-state index is 12.3. The van der Waals surface area contributed by atoms with Gasteiger partial charge in [0.15, 0.2) is 11.3 Å². The lowest BCUT2D eigenvalue weighted by molar-refractivity contribution is 0.515. The largest absolute Gasteiger partial charge is 0.507 e. The lowest BCUT2D eigenvalue weighted by Crippen LogP contribution is -2.06. The molecule has 0 radical (unpaired) electrons. The smallest absolute Gasteiger partial charge is 0.362 e. The van der Waals surface area contributed by atoms with Crippen LogP contribution in [0.15, 0.2) is 88.1 Å². The van der Waals surface area contributed by atoms with Crippen molar-refractivity contribution in [3.63, 3.8) is 0 Å². The van der Waals surface area contributed by atoms with E-state index >= 15 is 0 Å². The van der Waals surface area contributed by atoms with E-state index in [9.17, 15) is 9.90 Å². The van der Waals surface area contributed by atoms with Gasteiger partial charge in [0.1, 0.15) is 11.3 Å². The van der Waals surface area contributed by atoms with Gasteiger partial charge in [0.05, 0.1) is 0 Å². The molecule has 0 amide bonds. The molecule has 1 aromatic heterocycles. The Morgan fingerprint density at radius 1 is 0.857 bits per heavy atom. The average molecular weight is 365 g/mol. The monoisotopic (exact) mass is 365 g/mol. The summed E-state index contributed by atoms with van der Waals surface area (Å²) in [6, 6.07) is 24.8. The molecule has 0 spiro atoms. The summed E-state index contributed by atoms with van der Waals surface area (Å²) < 4.78 is 5.33. The zero-order valence-corrected chi connectivity index (χ0v) is 14.8. The summed E-state index contributed by atoms with van der Waals surface area (Å²) >= 11 is 0. The van der Waals surface area contributed by atoms with Crippen LogP contribution in [0.4, 0.5) is 0 Å². The molecule has 0 saturated heterocycles. The zero-order chi connectivity index (χ0) is 19.1. The minimum Gasteiger partial charge on any atom is -0.507 e. The van der Waals surface area contributed by atoms with Crippen LogP contribution in [0.2, 0.25) is 0 Å². The number of aromatic nitrogens is 1. The average Bonchev–Trinajstić information content (AvgIpc) is 2.72. The summed E-state index contributed by atoms with van der Waals surface area (Å²) in [6.07, 6.45) is 1.38. The fourth-order valence-electron chi connectivity index (χ4n) is 3.55. The van der Waals surface area contributed by atoms with Crippen LogP contribution in [0.5, 0.6) is 0 Å². The molecule has 4 aromatic carbocycles. The first-order chi connectivity index (χ1) is 13.7. The first kappa shape index (κ1) is 16.3. The molecule has 5 aromatic rings. The standard InChI is InChI=1S/C24H15NO3/c26-21(14-20-24(27)28-22-12-6-5-11-19(22)25-20)23-17-9-3-1-7-15(17)13-16-8-2-4-10-18(16)23/h1-14,26H/b21-14-. The molecule has 1 heterocycles. The van der Waals surface area contributed by atoms with E-state index in [-0.39, 0.29) is 11.5 Å². The van der Waals surface area contributed by atoms with Crippen LogP contribution >= 0.6 is 0 Å². The molecule has 1 N–H and O–H groups in total. The van der Waals surface area contributed by atoms with Gasteiger partial charge in [-0.05, 0) is 39.7 Å². The lowest BCUT2D eigenvalue weighted by Gasteiger charge is -2.11. The quantitative estimate of drug-likeness (QED) is 0.329. The summed E-state index contributed by atoms with van der Waals surface area (Å²) in [6.45, 7) is 0. The van der Waals surface area contributed by atoms with Gasteiger partial charge in [0.2, 0.25) is 0 Å². The first-order valence-electron chi connectivity index (χ1n) is 8.92. The van der Waals surface area contributed by atoms with Crippen molar-refractivity contribution in [1.29, 1.82) is 0 Å². The Bertz CT molecular complexity index is 1390. The Labute approximate surface area is 160 Å². The van der Waals surface area contributed by atoms with E-state index in [1.165, 1.54) is 6.08 Å². The Balaban J connectivity index is 1.80. The normalized spacial score (nSPS) is 12.1. The van der Waals surface area contributed by atoms with Crippen LogP contribution in [-0.4, -0.2) is 10.1 Å². The highest BCUT2D eigenvalue weighted by Crippen LogP contribution is 2.33. The molecule has 0 fully saturated rings. The highest BCUT2D eigenvalue weighted by molar-refractivity contribution is 6.09. The van der Waals surface area contributed by atoms with Crippen LogP contribution in [0, 0.1) is 0 Å². The topological polar surface area (TPSA) is 63.3 Å². The predicted molar refractivity (Wildman–Crippen MR) is 112 cm³/mol. The number of benzene rings is 4. The molecule has 5 rings (SSSR count). The summed E-state index contributed by atoms with van der Waals surface area (Å²) in [5.41, 5.74) is 1.12. The summed E-state index contributed by atoms with van der Waals surface area (Å²) in [5.74, 6) is -0.0249. The molecule has 0 atom stereocenters. The summed E-state index contributed by atoms with van der Waals surface area (Å²) in [4.78, 5) is 16.7. The second-order valence-electron chi connectivity index (χ2n) is 6.58. The fraction of sp³-hybridized carbons (Fsp3) is 0. The maximum atomic E-state index is 12.3. The second kappa shape index (κ2) is 6.35. The van der Waals surface area contributed by atoms with Crippen molar-refractivity contribution in [2.45, 2.75) is 0 Å². The third-order valence-electron chi connectivity index (χ3n) is 4.82. The molecule has 0 saturated carbocycles. The Morgan fingerprint density at radius 2 is 1.46 bits per heavy atom. The van der Waals surface area contributed by atoms with Crippen LogP contribution in [0.25, 0.3) is 44.5 Å². The van der Waals surface area contributed by atoms with E-state index < -0.39 is 5.63 Å². The van der Waals surface area contributed by atoms with Gasteiger partial charge in [0, 0.05) is 11.6 Å². The van der Waals surface area contributed by atoms with E-state index in [1.54, 1.807) is 18.2 Å². The Hall–Kier alpha value is -3.92. The van der Waals surface area contributed by atoms with Gasteiger partial charge < -0.3 is 9.52 Å². The second-order valence-corrected chi connectivity index (χ2v) is 6.58. The summed E-state index contributed by atoms with van der Waals surface area (Å²) in [5, 5.41) is 14.8. The summed E-state index contributed by atoms with van der Waals surface area (Å²) in [7, 11) is 0. The van der Waals surface area contributed by atoms with Gasteiger partial charge in [-0.1, -0.05) is 60.7 Å². The van der Waals surface area contributed by atoms with Crippen LogP contribution < -0.4 is 5.63 Å². The van der Waals surface area contributed by atoms with E-state index in [4.69, 9.17) is 4.42 Å². The van der Waals surface area contributed by atoms with Crippen molar-refractivity contribution in [3.8, 4) is 0 Å². The lowest BCUT2D eigenvalue weighted by atomic mass is 9.95. The van der Waals surface area contributed by atoms with Crippen LogP contribution in [0.1, 0.15) is 11.3 Å². The number of para-hydroxylation sites is 2. The SMILES string of the molecule is O=c1oc2ccccc2nc1/C=C(\O)c1c2ccccc2cc2ccccc12. The van der Waals surface area contributed by atoms with E-state index in [2.05, 4.69) is 11.1 Å². The van der Waals surface area contributed by atoms with E-state index in [0.717, 1.165) is 21.5 Å². The van der Waals surface area contributed by atoms with Crippen molar-refractivity contribution in [3.05, 3.63) is 101 Å². The molecule has 0 bridgehead atoms. The molecule has 0 aliphatic carbocycles. The molecule has 0 aliphatic heterocycles. The number of rotatable bonds is 2. The third-order valence-corrected chi connectivity index (χ3v) is 4.82. The molecule has 28 heavy (non-hydrogen) atoms. The Kier molecular flexibility index (Phi) is 3.69. The van der Waals surface area contributed by atoms with Gasteiger partial charge in [-0.25, -0.2) is 9.78 Å². The maximum Gasteiger partial charge on any atom is 0.362 e. The number of hydrogen-bond acceptors (Lipinski definition) is 4. The van der Waals surface area contributed by atoms with Crippen molar-refractivity contribution in [1.82, 2.24) is 4.98 Å². The number of aliphatic hydroxyl groups is 1. The van der Waals surface area contributed by atoms with E-state index in [1.807, 2.05) is 54.6 Å². The van der Waals surface area contributed by atoms with Crippen molar-refractivity contribution in [2.75, 3.05) is 0 Å². The minimum absolute atomic E-state index is 0.0249. The van der Waals surface area contributed by atoms with Gasteiger partial charge in [0.25, 0.3) is 0 Å². The van der Waals surface area contributed by atoms with Gasteiger partial charge >= 0.3 is 5.63 Å². The van der Waals surface area contributed by atoms with Crippen molar-refractivity contribution < 1.29 is 9.52 Å². The van der Waals surface area contributed by atoms with Crippen molar-refractivity contribution in [2.24, 2.45) is 0 Å². The molecule has 134 valence electrons. The molecule has 4 heteroatoms. The Morgan fingerprint density at radius 3 is 2.18 bits per heavy atom. The highest BCUT2D eigenvalue weighted by atomic mass is 16.4. The highest BCUT2D eigenvalue weighted by Gasteiger charge is 2.13. The molecular formula is C24H15NO3. The van der Waals surface area contributed by atoms with Crippen molar-refractivity contribution >= 4 is 44.5 Å². The fourth-order valence-corrected chi connectivity index (χ4v) is 3.55. The zero-order valence-electron chi connectivity index (χ0n) is 14.8. The number of hydrogen-bond donors (Lipinski definition) is 1. The third kappa shape index (κ3) is 2.63. The van der Waals surface area contributed by atoms with E-state index in [0.29, 0.717) is 16.7 Å². The minimum atomic E-state index is -0.588. The number of nitrogens with zero attached hydrogens (tertiary/aromatic N) is 1.